The first-order chi connectivity index (χ1) is 40.8. The van der Waals surface area contributed by atoms with Gasteiger partial charge in [-0.15, -0.1) is 0 Å². The molecule has 25 heteroatoms. The molecule has 5 rings (SSSR count). The van der Waals surface area contributed by atoms with Crippen molar-refractivity contribution in [3.63, 3.8) is 0 Å². The topological polar surface area (TPSA) is 330 Å². The lowest BCUT2D eigenvalue weighted by atomic mass is 9.89. The van der Waals surface area contributed by atoms with Crippen LogP contribution in [-0.2, 0) is 63.8 Å². The molecule has 3 aliphatic heterocycles. The largest absolute Gasteiger partial charge is 0.394 e. The summed E-state index contributed by atoms with van der Waals surface area (Å²) in [7, 11) is 6.74. The average molecular weight is 1210 g/mol. The van der Waals surface area contributed by atoms with Crippen LogP contribution in [0.1, 0.15) is 118 Å². The van der Waals surface area contributed by atoms with Gasteiger partial charge in [-0.25, -0.2) is 4.79 Å². The van der Waals surface area contributed by atoms with Crippen LogP contribution in [0.15, 0.2) is 36.4 Å². The zero-order valence-electron chi connectivity index (χ0n) is 52.3. The number of carbonyl (C=O) groups is 10. The van der Waals surface area contributed by atoms with E-state index in [0.717, 1.165) is 36.3 Å². The van der Waals surface area contributed by atoms with E-state index in [9.17, 15) is 53.1 Å². The molecule has 9 N–H and O–H groups in total. The highest BCUT2D eigenvalue weighted by Gasteiger charge is 2.49. The maximum absolute atomic E-state index is 14.5. The van der Waals surface area contributed by atoms with E-state index >= 15 is 0 Å². The number of hydrogen-bond donors (Lipinski definition) is 8. The fourth-order valence-corrected chi connectivity index (χ4v) is 12.6. The van der Waals surface area contributed by atoms with E-state index in [1.54, 1.807) is 61.9 Å². The fourth-order valence-electron chi connectivity index (χ4n) is 12.6. The maximum Gasteiger partial charge on any atom is 0.312 e. The van der Waals surface area contributed by atoms with Crippen molar-refractivity contribution in [3.05, 3.63) is 42.0 Å². The SMILES string of the molecule is CC[C@H](C)[C@@H]([C@@H](CC(=O)N1CCCC1[C@H](OC)[C@@H](C)C(=O)NC(CO)Cc1cccc(NC(=O)C(CCCNC(N)=O)NC(=O)C(NC(=O)CCOCCN2C(=O)C=CC2=O)C(C)C)c1)OC)N(C)C(=O)C(NC(=O)[C@@H]1[C@H]2CC[C@H](C2)N1C)C(C)C. The first kappa shape index (κ1) is 70.2. The number of benzene rings is 1. The lowest BCUT2D eigenvalue weighted by molar-refractivity contribution is -0.148. The lowest BCUT2D eigenvalue weighted by Crippen LogP contribution is -2.60. The number of aliphatic hydroxyl groups is 1. The minimum absolute atomic E-state index is 0.0113. The summed E-state index contributed by atoms with van der Waals surface area (Å²) in [6.45, 7) is 13.1. The Morgan fingerprint density at radius 1 is 0.849 bits per heavy atom. The molecule has 2 saturated heterocycles. The third kappa shape index (κ3) is 19.0. The number of fused-ring (bicyclic) bond motifs is 2. The summed E-state index contributed by atoms with van der Waals surface area (Å²) >= 11 is 0. The Kier molecular flexibility index (Phi) is 27.4. The number of nitrogens with one attached hydrogen (secondary N) is 6. The van der Waals surface area contributed by atoms with Crippen molar-refractivity contribution in [2.45, 2.75) is 180 Å². The number of likely N-dealkylation sites (N-methyl/N-ethyl adjacent to an activating group) is 2. The van der Waals surface area contributed by atoms with E-state index in [0.29, 0.717) is 43.1 Å². The summed E-state index contributed by atoms with van der Waals surface area (Å²) in [6, 6.07) is 1.37. The van der Waals surface area contributed by atoms with Crippen molar-refractivity contribution in [1.82, 2.24) is 46.2 Å². The van der Waals surface area contributed by atoms with Crippen LogP contribution in [0, 0.1) is 29.6 Å². The Labute approximate surface area is 506 Å². The molecular weight excluding hydrogens is 1110 g/mol. The van der Waals surface area contributed by atoms with Crippen molar-refractivity contribution >= 4 is 64.9 Å². The minimum Gasteiger partial charge on any atom is -0.394 e. The number of methoxy groups -OCH3 is 2. The van der Waals surface area contributed by atoms with Gasteiger partial charge in [-0.3, -0.25) is 53.0 Å². The number of rotatable bonds is 35. The summed E-state index contributed by atoms with van der Waals surface area (Å²) in [5.41, 5.74) is 6.24. The van der Waals surface area contributed by atoms with Crippen LogP contribution in [0.25, 0.3) is 0 Å². The highest BCUT2D eigenvalue weighted by Crippen LogP contribution is 2.41. The molecule has 13 atom stereocenters. The first-order valence-corrected chi connectivity index (χ1v) is 30.5. The molecule has 1 saturated carbocycles. The summed E-state index contributed by atoms with van der Waals surface area (Å²) in [6.07, 6.45) is 6.17. The number of imide groups is 1. The summed E-state index contributed by atoms with van der Waals surface area (Å²) in [5.74, 6) is -4.85. The standard InChI is InChI=1S/C61H97N11O14/c1-12-37(6)53(70(9)60(82)52(36(4)5)68-59(81)54-40-20-21-43(32-40)69(54)8)46(84-10)33-50(77)71-26-15-19-45(71)55(85-11)38(7)56(78)65-42(34-73)31-39-16-13-17-41(30-39)64-57(79)44(18-14-25-63-61(62)83)66-58(80)51(35(2)3)67-47(74)24-28-86-29-27-72-48(75)22-23-49(72)76/h13,16-17,22-23,30,35-38,40,42-46,51-55,73H,12,14-15,18-21,24-29,31-34H2,1-11H3,(H,64,79)(H,65,78)(H,66,80)(H,67,74)(H,68,81)(H3,62,63,83)/t37-,38+,40-,42?,43+,44?,45?,46+,51?,52?,53-,54-,55+/m0/s1. The molecule has 0 spiro atoms. The quantitative estimate of drug-likeness (QED) is 0.0354. The van der Waals surface area contributed by atoms with Gasteiger partial charge in [0, 0.05) is 64.7 Å². The number of amides is 11. The zero-order valence-corrected chi connectivity index (χ0v) is 52.3. The molecule has 1 aliphatic carbocycles. The van der Waals surface area contributed by atoms with E-state index < -0.39 is 108 Å². The first-order valence-electron chi connectivity index (χ1n) is 30.5. The van der Waals surface area contributed by atoms with E-state index in [4.69, 9.17) is 19.9 Å². The Bertz CT molecular complexity index is 2530. The molecule has 0 radical (unpaired) electrons. The van der Waals surface area contributed by atoms with Crippen LogP contribution < -0.4 is 37.6 Å². The number of aliphatic hydroxyl groups excluding tert-OH is 1. The second-order valence-electron chi connectivity index (χ2n) is 24.2. The maximum atomic E-state index is 14.5. The number of ether oxygens (including phenoxy) is 3. The van der Waals surface area contributed by atoms with Gasteiger partial charge in [0.1, 0.15) is 18.1 Å². The second-order valence-corrected chi connectivity index (χ2v) is 24.2. The average Bonchev–Trinajstić information content (AvgIpc) is 2.48. The number of nitrogens with zero attached hydrogens (tertiary/aromatic N) is 4. The van der Waals surface area contributed by atoms with Crippen LogP contribution in [0.3, 0.4) is 0 Å². The number of carbonyl (C=O) groups excluding carboxylic acids is 10. The van der Waals surface area contributed by atoms with Crippen molar-refractivity contribution in [2.24, 2.45) is 35.3 Å². The molecule has 1 aromatic rings. The third-order valence-corrected chi connectivity index (χ3v) is 17.6. The molecule has 1 aromatic carbocycles. The van der Waals surface area contributed by atoms with Crippen molar-refractivity contribution in [1.29, 1.82) is 0 Å². The normalized spacial score (nSPS) is 21.5. The van der Waals surface area contributed by atoms with E-state index in [1.807, 2.05) is 34.7 Å². The molecule has 11 amide bonds. The molecule has 25 nitrogen and oxygen atoms in total. The van der Waals surface area contributed by atoms with Gasteiger partial charge < -0.3 is 66.8 Å². The number of piperidine rings is 1. The monoisotopic (exact) mass is 1210 g/mol. The Morgan fingerprint density at radius 3 is 2.15 bits per heavy atom. The predicted octanol–water partition coefficient (Wildman–Crippen LogP) is 1.59. The minimum atomic E-state index is -1.14. The number of hydrogen-bond acceptors (Lipinski definition) is 15. The molecule has 5 unspecified atom stereocenters. The van der Waals surface area contributed by atoms with Crippen LogP contribution in [-0.4, -0.2) is 212 Å². The molecule has 4 aliphatic rings. The van der Waals surface area contributed by atoms with Crippen LogP contribution >= 0.6 is 0 Å². The van der Waals surface area contributed by atoms with Crippen LogP contribution in [0.4, 0.5) is 10.5 Å². The Hall–Kier alpha value is -6.54. The number of primary amides is 1. The summed E-state index contributed by atoms with van der Waals surface area (Å²) < 4.78 is 17.6. The highest BCUT2D eigenvalue weighted by atomic mass is 16.5. The highest BCUT2D eigenvalue weighted by molar-refractivity contribution is 6.12. The van der Waals surface area contributed by atoms with Crippen LogP contribution in [0.2, 0.25) is 0 Å². The Morgan fingerprint density at radius 2 is 1.55 bits per heavy atom. The molecule has 3 fully saturated rings. The number of nitrogens with two attached hydrogens (primary N) is 1. The molecule has 86 heavy (non-hydrogen) atoms. The number of anilines is 1. The second kappa shape index (κ2) is 33.5. The zero-order chi connectivity index (χ0) is 63.5. The van der Waals surface area contributed by atoms with Crippen LogP contribution in [0.5, 0.6) is 0 Å². The van der Waals surface area contributed by atoms with Gasteiger partial charge >= 0.3 is 6.03 Å². The Balaban J connectivity index is 1.18. The smallest absolute Gasteiger partial charge is 0.312 e. The molecule has 2 bridgehead atoms. The fraction of sp³-hybridized carbons (Fsp3) is 0.705. The predicted molar refractivity (Wildman–Crippen MR) is 320 cm³/mol. The lowest BCUT2D eigenvalue weighted by Gasteiger charge is -2.41. The number of likely N-dealkylation sites (tertiary alicyclic amines) is 2. The van der Waals surface area contributed by atoms with E-state index in [1.165, 1.54) is 14.2 Å². The van der Waals surface area contributed by atoms with E-state index in [2.05, 4.69) is 36.8 Å². The molecule has 0 aromatic heterocycles. The summed E-state index contributed by atoms with van der Waals surface area (Å²) in [5, 5.41) is 27.4. The van der Waals surface area contributed by atoms with E-state index in [-0.39, 0.29) is 99.9 Å². The summed E-state index contributed by atoms with van der Waals surface area (Å²) in [4.78, 5) is 139. The van der Waals surface area contributed by atoms with Gasteiger partial charge in [0.15, 0.2) is 0 Å². The van der Waals surface area contributed by atoms with Gasteiger partial charge in [-0.1, -0.05) is 67.0 Å². The van der Waals surface area contributed by atoms with Crippen molar-refractivity contribution < 1.29 is 67.3 Å². The van der Waals surface area contributed by atoms with Gasteiger partial charge in [0.05, 0.1) is 75.1 Å². The molecule has 480 valence electrons. The van der Waals surface area contributed by atoms with Gasteiger partial charge in [-0.05, 0) is 99.8 Å². The molecule has 3 heterocycles. The number of urea groups is 1. The van der Waals surface area contributed by atoms with Crippen molar-refractivity contribution in [3.8, 4) is 0 Å². The van der Waals surface area contributed by atoms with Gasteiger partial charge in [0.2, 0.25) is 41.4 Å². The molecular formula is C61H97N11O14. The van der Waals surface area contributed by atoms with Crippen molar-refractivity contribution in [2.75, 3.05) is 73.1 Å². The third-order valence-electron chi connectivity index (χ3n) is 17.6. The van der Waals surface area contributed by atoms with Gasteiger partial charge in [0.25, 0.3) is 11.8 Å². The van der Waals surface area contributed by atoms with Gasteiger partial charge in [-0.2, -0.15) is 0 Å².